The average Bonchev–Trinajstić information content (AvgIpc) is 1.96. The molecule has 13 heavy (non-hydrogen) atoms. The van der Waals surface area contributed by atoms with E-state index in [-0.39, 0.29) is 17.4 Å². The SMILES string of the molecule is CC[C@@H](C=O)NC(=O)CC(C)(C)C. The molecule has 1 N–H and O–H groups in total. The van der Waals surface area contributed by atoms with Gasteiger partial charge in [0.2, 0.25) is 5.91 Å². The molecule has 0 fully saturated rings. The topological polar surface area (TPSA) is 46.2 Å². The zero-order chi connectivity index (χ0) is 10.5. The Balaban J connectivity index is 3.93. The fraction of sp³-hybridized carbons (Fsp3) is 0.800. The zero-order valence-corrected chi connectivity index (χ0v) is 8.89. The maximum absolute atomic E-state index is 11.3. The van der Waals surface area contributed by atoms with E-state index >= 15 is 0 Å². The van der Waals surface area contributed by atoms with Crippen molar-refractivity contribution in [2.45, 2.75) is 46.6 Å². The largest absolute Gasteiger partial charge is 0.347 e. The standard InChI is InChI=1S/C10H19NO2/c1-5-8(7-12)11-9(13)6-10(2,3)4/h7-8H,5-6H2,1-4H3,(H,11,13)/t8-/m0/s1. The molecule has 0 aromatic heterocycles. The van der Waals surface area contributed by atoms with Crippen LogP contribution in [0, 0.1) is 5.41 Å². The van der Waals surface area contributed by atoms with Crippen LogP contribution < -0.4 is 5.32 Å². The van der Waals surface area contributed by atoms with Crippen molar-refractivity contribution in [1.29, 1.82) is 0 Å². The van der Waals surface area contributed by atoms with Crippen LogP contribution in [-0.4, -0.2) is 18.2 Å². The third kappa shape index (κ3) is 6.31. The van der Waals surface area contributed by atoms with E-state index < -0.39 is 0 Å². The molecular formula is C10H19NO2. The zero-order valence-electron chi connectivity index (χ0n) is 8.89. The van der Waals surface area contributed by atoms with E-state index in [1.165, 1.54) is 0 Å². The van der Waals surface area contributed by atoms with Crippen LogP contribution >= 0.6 is 0 Å². The highest BCUT2D eigenvalue weighted by molar-refractivity contribution is 5.80. The number of carbonyl (C=O) groups excluding carboxylic acids is 2. The maximum Gasteiger partial charge on any atom is 0.221 e. The highest BCUT2D eigenvalue weighted by Gasteiger charge is 2.17. The first-order valence-corrected chi connectivity index (χ1v) is 4.63. The van der Waals surface area contributed by atoms with Crippen molar-refractivity contribution in [3.8, 4) is 0 Å². The quantitative estimate of drug-likeness (QED) is 0.675. The van der Waals surface area contributed by atoms with Gasteiger partial charge in [-0.3, -0.25) is 4.79 Å². The Labute approximate surface area is 79.9 Å². The van der Waals surface area contributed by atoms with Gasteiger partial charge in [-0.15, -0.1) is 0 Å². The Hall–Kier alpha value is -0.860. The van der Waals surface area contributed by atoms with Crippen molar-refractivity contribution >= 4 is 12.2 Å². The molecule has 0 unspecified atom stereocenters. The number of hydrogen-bond acceptors (Lipinski definition) is 2. The summed E-state index contributed by atoms with van der Waals surface area (Å²) < 4.78 is 0. The number of hydrogen-bond donors (Lipinski definition) is 1. The number of rotatable bonds is 4. The molecule has 0 aliphatic carbocycles. The fourth-order valence-electron chi connectivity index (χ4n) is 0.972. The van der Waals surface area contributed by atoms with Gasteiger partial charge in [0.15, 0.2) is 0 Å². The molecule has 0 saturated heterocycles. The number of aldehydes is 1. The van der Waals surface area contributed by atoms with Crippen molar-refractivity contribution < 1.29 is 9.59 Å². The summed E-state index contributed by atoms with van der Waals surface area (Å²) in [6, 6.07) is -0.324. The van der Waals surface area contributed by atoms with Crippen molar-refractivity contribution in [2.24, 2.45) is 5.41 Å². The summed E-state index contributed by atoms with van der Waals surface area (Å²) in [6.45, 7) is 7.85. The lowest BCUT2D eigenvalue weighted by Gasteiger charge is -2.18. The minimum Gasteiger partial charge on any atom is -0.347 e. The van der Waals surface area contributed by atoms with E-state index in [1.54, 1.807) is 0 Å². The number of amides is 1. The third-order valence-electron chi connectivity index (χ3n) is 1.64. The first kappa shape index (κ1) is 12.1. The van der Waals surface area contributed by atoms with E-state index in [9.17, 15) is 9.59 Å². The molecule has 76 valence electrons. The fourth-order valence-corrected chi connectivity index (χ4v) is 0.972. The lowest BCUT2D eigenvalue weighted by atomic mass is 9.92. The predicted molar refractivity (Wildman–Crippen MR) is 52.4 cm³/mol. The molecule has 1 amide bonds. The molecule has 3 heteroatoms. The Morgan fingerprint density at radius 2 is 2.00 bits per heavy atom. The molecule has 1 atom stereocenters. The molecule has 0 heterocycles. The van der Waals surface area contributed by atoms with Crippen LogP contribution in [0.5, 0.6) is 0 Å². The van der Waals surface area contributed by atoms with Crippen molar-refractivity contribution in [1.82, 2.24) is 5.32 Å². The molecule has 0 saturated carbocycles. The predicted octanol–water partition coefficient (Wildman–Crippen LogP) is 1.52. The molecule has 0 rings (SSSR count). The van der Waals surface area contributed by atoms with Gasteiger partial charge in [-0.05, 0) is 11.8 Å². The molecule has 0 aromatic rings. The molecular weight excluding hydrogens is 166 g/mol. The van der Waals surface area contributed by atoms with Crippen LogP contribution in [0.4, 0.5) is 0 Å². The van der Waals surface area contributed by atoms with Gasteiger partial charge in [0, 0.05) is 6.42 Å². The van der Waals surface area contributed by atoms with E-state index in [0.29, 0.717) is 12.8 Å². The molecule has 0 aliphatic rings. The van der Waals surface area contributed by atoms with Gasteiger partial charge in [-0.2, -0.15) is 0 Å². The summed E-state index contributed by atoms with van der Waals surface area (Å²) in [4.78, 5) is 21.7. The lowest BCUT2D eigenvalue weighted by Crippen LogP contribution is -2.37. The Morgan fingerprint density at radius 3 is 2.31 bits per heavy atom. The van der Waals surface area contributed by atoms with Gasteiger partial charge < -0.3 is 10.1 Å². The summed E-state index contributed by atoms with van der Waals surface area (Å²) in [5.41, 5.74) is -0.0226. The van der Waals surface area contributed by atoms with Crippen molar-refractivity contribution in [2.75, 3.05) is 0 Å². The second kappa shape index (κ2) is 5.00. The first-order valence-electron chi connectivity index (χ1n) is 4.63. The van der Waals surface area contributed by atoms with Gasteiger partial charge in [-0.25, -0.2) is 0 Å². The lowest BCUT2D eigenvalue weighted by molar-refractivity contribution is -0.125. The molecule has 0 bridgehead atoms. The normalized spacial score (nSPS) is 13.5. The highest BCUT2D eigenvalue weighted by Crippen LogP contribution is 2.17. The van der Waals surface area contributed by atoms with Crippen LogP contribution in [0.2, 0.25) is 0 Å². The summed E-state index contributed by atoms with van der Waals surface area (Å²) in [5, 5.41) is 2.67. The molecule has 0 radical (unpaired) electrons. The van der Waals surface area contributed by atoms with Crippen LogP contribution in [0.15, 0.2) is 0 Å². The smallest absolute Gasteiger partial charge is 0.221 e. The molecule has 0 aliphatic heterocycles. The second-order valence-electron chi connectivity index (χ2n) is 4.46. The summed E-state index contributed by atoms with van der Waals surface area (Å²) in [6.07, 6.45) is 1.89. The van der Waals surface area contributed by atoms with E-state index in [2.05, 4.69) is 5.32 Å². The Kier molecular flexibility index (Phi) is 4.67. The highest BCUT2D eigenvalue weighted by atomic mass is 16.2. The van der Waals surface area contributed by atoms with Gasteiger partial charge in [0.05, 0.1) is 6.04 Å². The van der Waals surface area contributed by atoms with Gasteiger partial charge in [0.1, 0.15) is 6.29 Å². The first-order chi connectivity index (χ1) is 5.89. The van der Waals surface area contributed by atoms with Crippen LogP contribution in [0.1, 0.15) is 40.5 Å². The van der Waals surface area contributed by atoms with E-state index in [1.807, 2.05) is 27.7 Å². The second-order valence-corrected chi connectivity index (χ2v) is 4.46. The van der Waals surface area contributed by atoms with Gasteiger partial charge in [0.25, 0.3) is 0 Å². The molecule has 0 spiro atoms. The maximum atomic E-state index is 11.3. The monoisotopic (exact) mass is 185 g/mol. The minimum absolute atomic E-state index is 0.0226. The van der Waals surface area contributed by atoms with Crippen LogP contribution in [0.25, 0.3) is 0 Å². The van der Waals surface area contributed by atoms with E-state index in [0.717, 1.165) is 6.29 Å². The van der Waals surface area contributed by atoms with Gasteiger partial charge >= 0.3 is 0 Å². The Bertz CT molecular complexity index is 182. The summed E-state index contributed by atoms with van der Waals surface area (Å²) in [5.74, 6) is -0.0496. The van der Waals surface area contributed by atoms with E-state index in [4.69, 9.17) is 0 Å². The van der Waals surface area contributed by atoms with Crippen molar-refractivity contribution in [3.05, 3.63) is 0 Å². The van der Waals surface area contributed by atoms with Crippen molar-refractivity contribution in [3.63, 3.8) is 0 Å². The summed E-state index contributed by atoms with van der Waals surface area (Å²) >= 11 is 0. The van der Waals surface area contributed by atoms with Crippen LogP contribution in [0.3, 0.4) is 0 Å². The third-order valence-corrected chi connectivity index (χ3v) is 1.64. The molecule has 3 nitrogen and oxygen atoms in total. The number of carbonyl (C=O) groups is 2. The van der Waals surface area contributed by atoms with Gasteiger partial charge in [-0.1, -0.05) is 27.7 Å². The molecule has 0 aromatic carbocycles. The van der Waals surface area contributed by atoms with Crippen LogP contribution in [-0.2, 0) is 9.59 Å². The summed E-state index contributed by atoms with van der Waals surface area (Å²) in [7, 11) is 0. The Morgan fingerprint density at radius 1 is 1.46 bits per heavy atom. The number of nitrogens with one attached hydrogen (secondary N) is 1. The minimum atomic E-state index is -0.324. The average molecular weight is 185 g/mol.